The van der Waals surface area contributed by atoms with Gasteiger partial charge in [-0.1, -0.05) is 0 Å². The van der Waals surface area contributed by atoms with Crippen LogP contribution in [-0.4, -0.2) is 48.4 Å². The molecule has 1 N–H and O–H groups in total. The monoisotopic (exact) mass is 344 g/mol. The number of aromatic nitrogens is 2. The first-order chi connectivity index (χ1) is 12.1. The molecule has 1 unspecified atom stereocenters. The molecule has 25 heavy (non-hydrogen) atoms. The van der Waals surface area contributed by atoms with Crippen LogP contribution in [0.4, 0.5) is 0 Å². The van der Waals surface area contributed by atoms with Crippen LogP contribution in [0, 0.1) is 0 Å². The molecule has 1 aliphatic rings. The lowest BCUT2D eigenvalue weighted by Crippen LogP contribution is -2.39. The van der Waals surface area contributed by atoms with Crippen molar-refractivity contribution in [3.63, 3.8) is 0 Å². The van der Waals surface area contributed by atoms with E-state index in [1.165, 1.54) is 0 Å². The number of fused-ring (bicyclic) bond motifs is 1. The molecule has 0 saturated carbocycles. The van der Waals surface area contributed by atoms with Gasteiger partial charge in [0, 0.05) is 38.9 Å². The minimum Gasteiger partial charge on any atom is -0.497 e. The van der Waals surface area contributed by atoms with Gasteiger partial charge in [-0.3, -0.25) is 14.4 Å². The van der Waals surface area contributed by atoms with Crippen LogP contribution in [0.1, 0.15) is 23.7 Å². The van der Waals surface area contributed by atoms with Gasteiger partial charge in [0.2, 0.25) is 5.91 Å². The summed E-state index contributed by atoms with van der Waals surface area (Å²) in [5, 5.41) is 7.09. The molecule has 1 atom stereocenters. The van der Waals surface area contributed by atoms with Crippen LogP contribution in [0.15, 0.2) is 30.5 Å². The summed E-state index contributed by atoms with van der Waals surface area (Å²) in [6, 6.07) is 7.94. The second-order valence-electron chi connectivity index (χ2n) is 6.19. The Kier molecular flexibility index (Phi) is 5.23. The van der Waals surface area contributed by atoms with E-state index in [0.717, 1.165) is 42.4 Å². The fourth-order valence-electron chi connectivity index (χ4n) is 3.27. The molecule has 134 valence electrons. The van der Waals surface area contributed by atoms with E-state index in [-0.39, 0.29) is 11.9 Å². The first-order valence-corrected chi connectivity index (χ1v) is 8.30. The normalized spacial score (nSPS) is 17.0. The third kappa shape index (κ3) is 3.93. The topological polar surface area (TPSA) is 68.6 Å². The zero-order chi connectivity index (χ0) is 17.8. The van der Waals surface area contributed by atoms with Gasteiger partial charge in [0.15, 0.2) is 0 Å². The van der Waals surface area contributed by atoms with Crippen molar-refractivity contribution in [1.82, 2.24) is 20.0 Å². The summed E-state index contributed by atoms with van der Waals surface area (Å²) >= 11 is 0. The molecular weight excluding hydrogens is 320 g/mol. The van der Waals surface area contributed by atoms with E-state index in [9.17, 15) is 4.79 Å². The molecule has 1 aliphatic heterocycles. The van der Waals surface area contributed by atoms with Gasteiger partial charge in [0.25, 0.3) is 0 Å². The van der Waals surface area contributed by atoms with E-state index in [4.69, 9.17) is 9.47 Å². The Hall–Kier alpha value is -2.54. The van der Waals surface area contributed by atoms with Gasteiger partial charge >= 0.3 is 0 Å². The summed E-state index contributed by atoms with van der Waals surface area (Å²) in [5.41, 5.74) is 2.23. The van der Waals surface area contributed by atoms with Gasteiger partial charge in [-0.2, -0.15) is 5.10 Å². The van der Waals surface area contributed by atoms with E-state index in [1.54, 1.807) is 27.5 Å². The third-order valence-electron chi connectivity index (χ3n) is 4.47. The standard InChI is InChI=1S/C18H24N4O3/c1-19-18(23)8-15-12-21(11-14-4-5-20-22(14)15)10-13-6-16(24-2)9-17(7-13)25-3/h4-7,9,15H,8,10-12H2,1-3H3,(H,19,23). The molecule has 1 aromatic carbocycles. The molecule has 0 bridgehead atoms. The zero-order valence-electron chi connectivity index (χ0n) is 14.9. The number of benzene rings is 1. The van der Waals surface area contributed by atoms with Crippen molar-refractivity contribution in [1.29, 1.82) is 0 Å². The fourth-order valence-corrected chi connectivity index (χ4v) is 3.27. The van der Waals surface area contributed by atoms with E-state index in [1.807, 2.05) is 28.9 Å². The van der Waals surface area contributed by atoms with E-state index < -0.39 is 0 Å². The number of nitrogens with one attached hydrogen (secondary N) is 1. The average molecular weight is 344 g/mol. The van der Waals surface area contributed by atoms with Gasteiger partial charge in [0.05, 0.1) is 32.4 Å². The van der Waals surface area contributed by atoms with E-state index in [2.05, 4.69) is 15.3 Å². The van der Waals surface area contributed by atoms with E-state index >= 15 is 0 Å². The van der Waals surface area contributed by atoms with Gasteiger partial charge in [-0.15, -0.1) is 0 Å². The number of ether oxygens (including phenoxy) is 2. The summed E-state index contributed by atoms with van der Waals surface area (Å²) < 4.78 is 12.7. The Balaban J connectivity index is 1.79. The molecule has 2 aromatic rings. The smallest absolute Gasteiger partial charge is 0.221 e. The highest BCUT2D eigenvalue weighted by atomic mass is 16.5. The van der Waals surface area contributed by atoms with Crippen molar-refractivity contribution in [2.24, 2.45) is 0 Å². The first kappa shape index (κ1) is 17.3. The second-order valence-corrected chi connectivity index (χ2v) is 6.19. The number of nitrogens with zero attached hydrogens (tertiary/aromatic N) is 3. The number of rotatable bonds is 6. The minimum atomic E-state index is 0.0244. The molecule has 1 aromatic heterocycles. The number of amides is 1. The highest BCUT2D eigenvalue weighted by molar-refractivity contribution is 5.76. The van der Waals surface area contributed by atoms with Crippen LogP contribution in [0.5, 0.6) is 11.5 Å². The highest BCUT2D eigenvalue weighted by Gasteiger charge is 2.27. The summed E-state index contributed by atoms with van der Waals surface area (Å²) in [5.74, 6) is 1.58. The number of hydrogen-bond donors (Lipinski definition) is 1. The van der Waals surface area contributed by atoms with Crippen LogP contribution in [-0.2, 0) is 17.9 Å². The van der Waals surface area contributed by atoms with Crippen molar-refractivity contribution in [3.05, 3.63) is 41.7 Å². The summed E-state index contributed by atoms with van der Waals surface area (Å²) in [7, 11) is 4.96. The molecule has 3 rings (SSSR count). The van der Waals surface area contributed by atoms with Crippen LogP contribution >= 0.6 is 0 Å². The van der Waals surface area contributed by atoms with Crippen LogP contribution in [0.2, 0.25) is 0 Å². The van der Waals surface area contributed by atoms with E-state index in [0.29, 0.717) is 6.42 Å². The van der Waals surface area contributed by atoms with Gasteiger partial charge in [-0.25, -0.2) is 0 Å². The Bertz CT molecular complexity index is 721. The van der Waals surface area contributed by atoms with Crippen molar-refractivity contribution in [2.45, 2.75) is 25.6 Å². The first-order valence-electron chi connectivity index (χ1n) is 8.30. The quantitative estimate of drug-likeness (QED) is 0.862. The predicted molar refractivity (Wildman–Crippen MR) is 93.6 cm³/mol. The van der Waals surface area contributed by atoms with Crippen molar-refractivity contribution in [3.8, 4) is 11.5 Å². The molecule has 0 radical (unpaired) electrons. The summed E-state index contributed by atoms with van der Waals surface area (Å²) in [6.45, 7) is 2.31. The molecule has 7 nitrogen and oxygen atoms in total. The van der Waals surface area contributed by atoms with Gasteiger partial charge in [-0.05, 0) is 23.8 Å². The number of carbonyl (C=O) groups excluding carboxylic acids is 1. The minimum absolute atomic E-state index is 0.0244. The van der Waals surface area contributed by atoms with Crippen molar-refractivity contribution < 1.29 is 14.3 Å². The largest absolute Gasteiger partial charge is 0.497 e. The van der Waals surface area contributed by atoms with Crippen LogP contribution < -0.4 is 14.8 Å². The molecule has 0 fully saturated rings. The molecule has 0 saturated heterocycles. The van der Waals surface area contributed by atoms with Crippen molar-refractivity contribution in [2.75, 3.05) is 27.8 Å². The molecule has 0 aliphatic carbocycles. The van der Waals surface area contributed by atoms with Crippen LogP contribution in [0.3, 0.4) is 0 Å². The Morgan fingerprint density at radius 3 is 2.64 bits per heavy atom. The predicted octanol–water partition coefficient (Wildman–Crippen LogP) is 1.59. The summed E-state index contributed by atoms with van der Waals surface area (Å²) in [4.78, 5) is 14.2. The molecule has 1 amide bonds. The SMILES string of the molecule is CNC(=O)CC1CN(Cc2cc(OC)cc(OC)c2)Cc2ccnn21. The molecule has 2 heterocycles. The Labute approximate surface area is 147 Å². The maximum Gasteiger partial charge on any atom is 0.221 e. The zero-order valence-corrected chi connectivity index (χ0v) is 14.9. The Morgan fingerprint density at radius 2 is 2.00 bits per heavy atom. The number of carbonyl (C=O) groups is 1. The summed E-state index contributed by atoms with van der Waals surface area (Å²) in [6.07, 6.45) is 2.22. The van der Waals surface area contributed by atoms with Gasteiger partial charge < -0.3 is 14.8 Å². The van der Waals surface area contributed by atoms with Crippen LogP contribution in [0.25, 0.3) is 0 Å². The average Bonchev–Trinajstić information content (AvgIpc) is 3.10. The lowest BCUT2D eigenvalue weighted by molar-refractivity contribution is -0.121. The maximum absolute atomic E-state index is 11.8. The molecule has 7 heteroatoms. The maximum atomic E-state index is 11.8. The Morgan fingerprint density at radius 1 is 1.28 bits per heavy atom. The van der Waals surface area contributed by atoms with Crippen molar-refractivity contribution >= 4 is 5.91 Å². The third-order valence-corrected chi connectivity index (χ3v) is 4.47. The van der Waals surface area contributed by atoms with Gasteiger partial charge in [0.1, 0.15) is 11.5 Å². The lowest BCUT2D eigenvalue weighted by Gasteiger charge is -2.33. The fraction of sp³-hybridized carbons (Fsp3) is 0.444. The lowest BCUT2D eigenvalue weighted by atomic mass is 10.1. The second kappa shape index (κ2) is 7.57. The number of methoxy groups -OCH3 is 2. The highest BCUT2D eigenvalue weighted by Crippen LogP contribution is 2.27. The molecular formula is C18H24N4O3. The molecule has 0 spiro atoms. The number of hydrogen-bond acceptors (Lipinski definition) is 5.